The van der Waals surface area contributed by atoms with Crippen molar-refractivity contribution in [3.8, 4) is 0 Å². The molecule has 0 spiro atoms. The number of ether oxygens (including phenoxy) is 4. The molecule has 1 fully saturated rings. The van der Waals surface area contributed by atoms with Crippen LogP contribution < -0.4 is 0 Å². The first-order valence-electron chi connectivity index (χ1n) is 7.09. The van der Waals surface area contributed by atoms with Crippen LogP contribution in [0.1, 0.15) is 25.7 Å². The van der Waals surface area contributed by atoms with Gasteiger partial charge in [-0.1, -0.05) is 0 Å². The Kier molecular flexibility index (Phi) is 9.89. The normalized spacial score (nSPS) is 19.2. The zero-order chi connectivity index (χ0) is 13.8. The zero-order valence-electron chi connectivity index (χ0n) is 11.9. The highest BCUT2D eigenvalue weighted by molar-refractivity contribution is 5.82. The van der Waals surface area contributed by atoms with E-state index in [4.69, 9.17) is 18.9 Å². The maximum Gasteiger partial charge on any atom is 0.136 e. The fourth-order valence-electron chi connectivity index (χ4n) is 2.10. The van der Waals surface area contributed by atoms with Crippen molar-refractivity contribution in [1.29, 1.82) is 0 Å². The molecule has 1 rings (SSSR count). The summed E-state index contributed by atoms with van der Waals surface area (Å²) in [5.41, 5.74) is 0. The van der Waals surface area contributed by atoms with E-state index in [9.17, 15) is 4.79 Å². The average molecular weight is 274 g/mol. The lowest BCUT2D eigenvalue weighted by molar-refractivity contribution is -0.121. The molecule has 0 radical (unpaired) electrons. The van der Waals surface area contributed by atoms with Crippen molar-refractivity contribution in [2.24, 2.45) is 5.92 Å². The van der Waals surface area contributed by atoms with Gasteiger partial charge in [-0.25, -0.2) is 0 Å². The summed E-state index contributed by atoms with van der Waals surface area (Å²) in [5, 5.41) is 0. The molecule has 0 aromatic heterocycles. The third-order valence-electron chi connectivity index (χ3n) is 3.22. The summed E-state index contributed by atoms with van der Waals surface area (Å²) in [5.74, 6) is 0.656. The number of Topliss-reactive ketones (excluding diaryl/α,β-unsaturated/α-hetero) is 1. The Morgan fingerprint density at radius 3 is 2.05 bits per heavy atom. The number of carbonyl (C=O) groups excluding carboxylic acids is 1. The Hall–Kier alpha value is -0.490. The van der Waals surface area contributed by atoms with Crippen molar-refractivity contribution in [3.05, 3.63) is 0 Å². The number of hydrogen-bond acceptors (Lipinski definition) is 5. The highest BCUT2D eigenvalue weighted by atomic mass is 16.6. The quantitative estimate of drug-likeness (QED) is 0.504. The second-order valence-electron chi connectivity index (χ2n) is 4.67. The maximum atomic E-state index is 11.4. The minimum Gasteiger partial charge on any atom is -0.382 e. The second kappa shape index (κ2) is 11.3. The van der Waals surface area contributed by atoms with Crippen molar-refractivity contribution < 1.29 is 23.7 Å². The van der Waals surface area contributed by atoms with Gasteiger partial charge < -0.3 is 18.9 Å². The van der Waals surface area contributed by atoms with E-state index in [1.165, 1.54) is 0 Å². The number of ketones is 1. The van der Waals surface area contributed by atoms with Crippen LogP contribution >= 0.6 is 0 Å². The predicted octanol–water partition coefficient (Wildman–Crippen LogP) is 1.44. The number of rotatable bonds is 12. The minimum atomic E-state index is 0.245. The minimum absolute atomic E-state index is 0.245. The van der Waals surface area contributed by atoms with Crippen molar-refractivity contribution in [2.45, 2.75) is 25.7 Å². The Labute approximate surface area is 115 Å². The monoisotopic (exact) mass is 274 g/mol. The van der Waals surface area contributed by atoms with Gasteiger partial charge in [-0.05, 0) is 19.3 Å². The zero-order valence-corrected chi connectivity index (χ0v) is 11.9. The Morgan fingerprint density at radius 1 is 0.947 bits per heavy atom. The molecule has 0 bridgehead atoms. The van der Waals surface area contributed by atoms with E-state index in [1.807, 2.05) is 0 Å². The molecular formula is C14H26O5. The maximum absolute atomic E-state index is 11.4. The highest BCUT2D eigenvalue weighted by Crippen LogP contribution is 2.23. The van der Waals surface area contributed by atoms with Crippen molar-refractivity contribution in [1.82, 2.24) is 0 Å². The summed E-state index contributed by atoms with van der Waals surface area (Å²) < 4.78 is 20.9. The topological polar surface area (TPSA) is 54.0 Å². The Balaban J connectivity index is 1.75. The fourth-order valence-corrected chi connectivity index (χ4v) is 2.10. The van der Waals surface area contributed by atoms with E-state index in [2.05, 4.69) is 0 Å². The van der Waals surface area contributed by atoms with Crippen molar-refractivity contribution in [2.75, 3.05) is 53.4 Å². The molecule has 0 saturated heterocycles. The summed E-state index contributed by atoms with van der Waals surface area (Å²) in [6, 6.07) is 0. The van der Waals surface area contributed by atoms with Crippen molar-refractivity contribution >= 4 is 5.78 Å². The molecule has 0 heterocycles. The molecule has 1 atom stereocenters. The van der Waals surface area contributed by atoms with Gasteiger partial charge in [0.1, 0.15) is 5.78 Å². The lowest BCUT2D eigenvalue weighted by Gasteiger charge is -2.09. The van der Waals surface area contributed by atoms with Crippen LogP contribution in [0.15, 0.2) is 0 Å². The molecule has 1 unspecified atom stereocenters. The van der Waals surface area contributed by atoms with Gasteiger partial charge in [0, 0.05) is 26.1 Å². The van der Waals surface area contributed by atoms with Gasteiger partial charge in [-0.15, -0.1) is 0 Å². The predicted molar refractivity (Wildman–Crippen MR) is 71.3 cm³/mol. The van der Waals surface area contributed by atoms with Crippen LogP contribution in [0.2, 0.25) is 0 Å². The van der Waals surface area contributed by atoms with Gasteiger partial charge in [0.25, 0.3) is 0 Å². The van der Waals surface area contributed by atoms with Gasteiger partial charge >= 0.3 is 0 Å². The van der Waals surface area contributed by atoms with Gasteiger partial charge in [0.15, 0.2) is 0 Å². The van der Waals surface area contributed by atoms with Gasteiger partial charge in [-0.3, -0.25) is 4.79 Å². The summed E-state index contributed by atoms with van der Waals surface area (Å²) in [7, 11) is 1.65. The smallest absolute Gasteiger partial charge is 0.136 e. The standard InChI is InChI=1S/C14H26O5/c1-16-7-8-18-11-12-19-10-9-17-6-5-13-3-2-4-14(13)15/h13H,2-12H2,1H3. The summed E-state index contributed by atoms with van der Waals surface area (Å²) >= 11 is 0. The number of methoxy groups -OCH3 is 1. The third-order valence-corrected chi connectivity index (χ3v) is 3.22. The van der Waals surface area contributed by atoms with Crippen LogP contribution in [0.5, 0.6) is 0 Å². The molecule has 0 amide bonds. The molecule has 0 aliphatic heterocycles. The van der Waals surface area contributed by atoms with Crippen LogP contribution in [0.25, 0.3) is 0 Å². The second-order valence-corrected chi connectivity index (χ2v) is 4.67. The average Bonchev–Trinajstić information content (AvgIpc) is 2.82. The van der Waals surface area contributed by atoms with Crippen LogP contribution in [0.3, 0.4) is 0 Å². The Bertz CT molecular complexity index is 232. The SMILES string of the molecule is COCCOCCOCCOCCC1CCCC1=O. The lowest BCUT2D eigenvalue weighted by atomic mass is 10.0. The first kappa shape index (κ1) is 16.6. The number of carbonyl (C=O) groups is 1. The largest absolute Gasteiger partial charge is 0.382 e. The van der Waals surface area contributed by atoms with Crippen LogP contribution in [-0.2, 0) is 23.7 Å². The van der Waals surface area contributed by atoms with Crippen LogP contribution in [0, 0.1) is 5.92 Å². The van der Waals surface area contributed by atoms with Gasteiger partial charge in [0.2, 0.25) is 0 Å². The molecule has 1 aliphatic rings. The molecule has 19 heavy (non-hydrogen) atoms. The van der Waals surface area contributed by atoms with Gasteiger partial charge in [-0.2, -0.15) is 0 Å². The molecule has 1 saturated carbocycles. The van der Waals surface area contributed by atoms with E-state index >= 15 is 0 Å². The lowest BCUT2D eigenvalue weighted by Crippen LogP contribution is -2.13. The molecule has 0 N–H and O–H groups in total. The van der Waals surface area contributed by atoms with E-state index in [-0.39, 0.29) is 5.92 Å². The third kappa shape index (κ3) is 8.31. The molecule has 0 aromatic rings. The first-order chi connectivity index (χ1) is 9.34. The summed E-state index contributed by atoms with van der Waals surface area (Å²) in [6.45, 7) is 4.19. The van der Waals surface area contributed by atoms with E-state index in [0.29, 0.717) is 52.0 Å². The summed E-state index contributed by atoms with van der Waals surface area (Å²) in [4.78, 5) is 11.4. The Morgan fingerprint density at radius 2 is 1.53 bits per heavy atom. The number of hydrogen-bond donors (Lipinski definition) is 0. The summed E-state index contributed by atoms with van der Waals surface area (Å²) in [6.07, 6.45) is 3.71. The van der Waals surface area contributed by atoms with Gasteiger partial charge in [0.05, 0.1) is 39.6 Å². The molecule has 0 aromatic carbocycles. The fraction of sp³-hybridized carbons (Fsp3) is 0.929. The van der Waals surface area contributed by atoms with E-state index in [1.54, 1.807) is 7.11 Å². The highest BCUT2D eigenvalue weighted by Gasteiger charge is 2.23. The molecule has 5 heteroatoms. The molecule has 1 aliphatic carbocycles. The molecule has 5 nitrogen and oxygen atoms in total. The molecular weight excluding hydrogens is 248 g/mol. The van der Waals surface area contributed by atoms with Crippen LogP contribution in [0.4, 0.5) is 0 Å². The van der Waals surface area contributed by atoms with E-state index < -0.39 is 0 Å². The van der Waals surface area contributed by atoms with Crippen LogP contribution in [-0.4, -0.2) is 59.1 Å². The molecule has 112 valence electrons. The van der Waals surface area contributed by atoms with E-state index in [0.717, 1.165) is 25.7 Å². The van der Waals surface area contributed by atoms with Crippen molar-refractivity contribution in [3.63, 3.8) is 0 Å². The first-order valence-corrected chi connectivity index (χ1v) is 7.09.